The number of aromatic amines is 1. The first-order chi connectivity index (χ1) is 18.1. The Labute approximate surface area is 214 Å². The minimum absolute atomic E-state index is 0.118. The van der Waals surface area contributed by atoms with Gasteiger partial charge in [-0.3, -0.25) is 14.5 Å². The van der Waals surface area contributed by atoms with Crippen molar-refractivity contribution in [1.29, 1.82) is 0 Å². The number of nitrogens with zero attached hydrogens (tertiary/aromatic N) is 6. The maximum atomic E-state index is 13.5. The van der Waals surface area contributed by atoms with Gasteiger partial charge in [-0.05, 0) is 59.3 Å². The van der Waals surface area contributed by atoms with Crippen LogP contribution in [0.2, 0.25) is 0 Å². The van der Waals surface area contributed by atoms with Crippen LogP contribution in [0, 0.1) is 6.92 Å². The summed E-state index contributed by atoms with van der Waals surface area (Å²) in [6.45, 7) is 4.20. The first-order valence-electron chi connectivity index (χ1n) is 13.1. The summed E-state index contributed by atoms with van der Waals surface area (Å²) in [7, 11) is 0. The maximum Gasteiger partial charge on any atom is 0.289 e. The highest BCUT2D eigenvalue weighted by Gasteiger charge is 2.35. The second-order valence-electron chi connectivity index (χ2n) is 10.1. The van der Waals surface area contributed by atoms with Crippen molar-refractivity contribution < 1.29 is 9.21 Å². The summed E-state index contributed by atoms with van der Waals surface area (Å²) in [6.07, 6.45) is 7.11. The number of pyridine rings is 1. The molecule has 1 saturated carbocycles. The van der Waals surface area contributed by atoms with Crippen LogP contribution >= 0.6 is 0 Å². The molecule has 0 spiro atoms. The second kappa shape index (κ2) is 9.93. The Bertz CT molecular complexity index is 1440. The van der Waals surface area contributed by atoms with E-state index in [0.717, 1.165) is 42.1 Å². The zero-order valence-corrected chi connectivity index (χ0v) is 21.0. The smallest absolute Gasteiger partial charge is 0.289 e. The number of fused-ring (bicyclic) bond motifs is 1. The molecule has 1 saturated heterocycles. The number of nitrogens with one attached hydrogen (secondary N) is 1. The highest BCUT2D eigenvalue weighted by atomic mass is 16.3. The number of hydrogen-bond acceptors (Lipinski definition) is 7. The van der Waals surface area contributed by atoms with Crippen molar-refractivity contribution in [1.82, 2.24) is 35.0 Å². The number of rotatable bonds is 5. The van der Waals surface area contributed by atoms with E-state index >= 15 is 0 Å². The third-order valence-corrected chi connectivity index (χ3v) is 7.79. The number of benzene rings is 1. The van der Waals surface area contributed by atoms with Gasteiger partial charge in [0, 0.05) is 31.7 Å². The molecule has 192 valence electrons. The predicted octanol–water partition coefficient (Wildman–Crippen LogP) is 3.47. The first-order valence-corrected chi connectivity index (χ1v) is 13.1. The number of amides is 1. The van der Waals surface area contributed by atoms with Crippen LogP contribution in [-0.4, -0.2) is 67.1 Å². The van der Waals surface area contributed by atoms with Gasteiger partial charge in [0.2, 0.25) is 0 Å². The fourth-order valence-corrected chi connectivity index (χ4v) is 5.81. The number of aromatic nitrogens is 5. The summed E-state index contributed by atoms with van der Waals surface area (Å²) in [6, 6.07) is 11.2. The van der Waals surface area contributed by atoms with E-state index in [1.807, 2.05) is 35.9 Å². The largest absolute Gasteiger partial charge is 0.459 e. The van der Waals surface area contributed by atoms with Crippen LogP contribution < -0.4 is 5.56 Å². The quantitative estimate of drug-likeness (QED) is 0.445. The van der Waals surface area contributed by atoms with E-state index in [1.54, 1.807) is 17.0 Å². The van der Waals surface area contributed by atoms with E-state index in [1.165, 1.54) is 12.7 Å². The van der Waals surface area contributed by atoms with Gasteiger partial charge in [-0.25, -0.2) is 4.68 Å². The van der Waals surface area contributed by atoms with Crippen molar-refractivity contribution in [3.63, 3.8) is 0 Å². The van der Waals surface area contributed by atoms with Crippen LogP contribution in [0.3, 0.4) is 0 Å². The Morgan fingerprint density at radius 1 is 1.08 bits per heavy atom. The molecular weight excluding hydrogens is 470 g/mol. The van der Waals surface area contributed by atoms with E-state index in [4.69, 9.17) is 4.42 Å². The molecule has 1 N–H and O–H groups in total. The third-order valence-electron chi connectivity index (χ3n) is 7.79. The molecule has 4 heterocycles. The van der Waals surface area contributed by atoms with Crippen molar-refractivity contribution in [3.8, 4) is 0 Å². The number of tetrazole rings is 1. The molecule has 1 amide bonds. The molecule has 10 nitrogen and oxygen atoms in total. The van der Waals surface area contributed by atoms with Crippen molar-refractivity contribution >= 4 is 16.8 Å². The molecule has 1 aliphatic heterocycles. The highest BCUT2D eigenvalue weighted by Crippen LogP contribution is 2.33. The summed E-state index contributed by atoms with van der Waals surface area (Å²) in [5.41, 5.74) is 2.35. The fourth-order valence-electron chi connectivity index (χ4n) is 5.81. The molecule has 0 bridgehead atoms. The number of H-pyrrole nitrogens is 1. The van der Waals surface area contributed by atoms with Gasteiger partial charge in [0.1, 0.15) is 6.04 Å². The lowest BCUT2D eigenvalue weighted by Gasteiger charge is -2.38. The van der Waals surface area contributed by atoms with Gasteiger partial charge in [0.05, 0.1) is 17.8 Å². The summed E-state index contributed by atoms with van der Waals surface area (Å²) in [4.78, 5) is 33.5. The van der Waals surface area contributed by atoms with Gasteiger partial charge >= 0.3 is 0 Å². The fraction of sp³-hybridized carbons (Fsp3) is 0.444. The minimum atomic E-state index is -0.425. The number of hydrogen-bond donors (Lipinski definition) is 1. The highest BCUT2D eigenvalue weighted by molar-refractivity contribution is 5.91. The van der Waals surface area contributed by atoms with Gasteiger partial charge < -0.3 is 14.3 Å². The summed E-state index contributed by atoms with van der Waals surface area (Å²) < 4.78 is 7.27. The topological polar surface area (TPSA) is 113 Å². The van der Waals surface area contributed by atoms with E-state index in [9.17, 15) is 9.59 Å². The molecule has 0 unspecified atom stereocenters. The number of furan rings is 1. The molecule has 2 aliphatic rings. The minimum Gasteiger partial charge on any atom is -0.459 e. The first kappa shape index (κ1) is 23.6. The van der Waals surface area contributed by atoms with Gasteiger partial charge in [0.25, 0.3) is 11.5 Å². The summed E-state index contributed by atoms with van der Waals surface area (Å²) >= 11 is 0. The lowest BCUT2D eigenvalue weighted by Crippen LogP contribution is -2.51. The van der Waals surface area contributed by atoms with Crippen LogP contribution in [0.4, 0.5) is 0 Å². The molecular formula is C27H31N7O3. The van der Waals surface area contributed by atoms with E-state index in [0.29, 0.717) is 43.3 Å². The standard InChI is InChI=1S/C27H31N7O3/c1-18-7-5-8-19-17-21(26(35)28-23(18)19)24(25-29-30-31-34(25)20-9-3-2-4-10-20)32-12-14-33(15-13-32)27(36)22-11-6-16-37-22/h5-8,11,16-17,20,24H,2-4,9-10,12-15H2,1H3,(H,28,35)/t24-/m1/s1. The second-order valence-corrected chi connectivity index (χ2v) is 10.1. The van der Waals surface area contributed by atoms with Crippen LogP contribution in [-0.2, 0) is 0 Å². The third kappa shape index (κ3) is 4.46. The molecule has 10 heteroatoms. The summed E-state index contributed by atoms with van der Waals surface area (Å²) in [5.74, 6) is 0.912. The maximum absolute atomic E-state index is 13.5. The Morgan fingerprint density at radius 3 is 2.65 bits per heavy atom. The van der Waals surface area contributed by atoms with E-state index < -0.39 is 6.04 Å². The molecule has 37 heavy (non-hydrogen) atoms. The number of aryl methyl sites for hydroxylation is 1. The van der Waals surface area contributed by atoms with Gasteiger partial charge in [-0.15, -0.1) is 5.10 Å². The number of carbonyl (C=O) groups excluding carboxylic acids is 1. The van der Waals surface area contributed by atoms with Crippen LogP contribution in [0.5, 0.6) is 0 Å². The molecule has 1 atom stereocenters. The zero-order valence-electron chi connectivity index (χ0n) is 21.0. The normalized spacial score (nSPS) is 18.4. The molecule has 2 fully saturated rings. The lowest BCUT2D eigenvalue weighted by atomic mass is 9.95. The Balaban J connectivity index is 1.38. The van der Waals surface area contributed by atoms with E-state index in [2.05, 4.69) is 25.4 Å². The molecule has 3 aromatic heterocycles. The zero-order chi connectivity index (χ0) is 25.4. The van der Waals surface area contributed by atoms with Crippen molar-refractivity contribution in [2.75, 3.05) is 26.2 Å². The number of carbonyl (C=O) groups is 1. The molecule has 1 aromatic carbocycles. The molecule has 0 radical (unpaired) electrons. The average Bonchev–Trinajstić information content (AvgIpc) is 3.64. The van der Waals surface area contributed by atoms with Crippen molar-refractivity contribution in [2.24, 2.45) is 0 Å². The lowest BCUT2D eigenvalue weighted by molar-refractivity contribution is 0.0556. The van der Waals surface area contributed by atoms with Crippen molar-refractivity contribution in [2.45, 2.75) is 51.1 Å². The number of para-hydroxylation sites is 1. The van der Waals surface area contributed by atoms with E-state index in [-0.39, 0.29) is 17.5 Å². The van der Waals surface area contributed by atoms with Crippen molar-refractivity contribution in [3.05, 3.63) is 75.7 Å². The molecule has 4 aromatic rings. The Kier molecular flexibility index (Phi) is 6.33. The van der Waals surface area contributed by atoms with Gasteiger partial charge in [-0.1, -0.05) is 37.5 Å². The van der Waals surface area contributed by atoms with Gasteiger partial charge in [0.15, 0.2) is 11.6 Å². The van der Waals surface area contributed by atoms with Crippen LogP contribution in [0.25, 0.3) is 10.9 Å². The van der Waals surface area contributed by atoms with Crippen LogP contribution in [0.15, 0.2) is 51.9 Å². The molecule has 1 aliphatic carbocycles. The molecule has 6 rings (SSSR count). The van der Waals surface area contributed by atoms with Crippen LogP contribution in [0.1, 0.15) is 71.7 Å². The average molecular weight is 502 g/mol. The monoisotopic (exact) mass is 501 g/mol. The number of piperazine rings is 1. The Morgan fingerprint density at radius 2 is 1.89 bits per heavy atom. The van der Waals surface area contributed by atoms with Gasteiger partial charge in [-0.2, -0.15) is 0 Å². The summed E-state index contributed by atoms with van der Waals surface area (Å²) in [5, 5.41) is 13.9. The predicted molar refractivity (Wildman–Crippen MR) is 137 cm³/mol. The SMILES string of the molecule is Cc1cccc2cc([C@H](c3nnnn3C3CCCCC3)N3CCN(C(=O)c4ccco4)CC3)c(=O)[nH]c12. The Hall–Kier alpha value is -3.79.